The maximum atomic E-state index is 13.1. The van der Waals surface area contributed by atoms with Gasteiger partial charge in [0.2, 0.25) is 10.0 Å². The van der Waals surface area contributed by atoms with Crippen molar-refractivity contribution in [1.82, 2.24) is 24.5 Å². The summed E-state index contributed by atoms with van der Waals surface area (Å²) in [5.41, 5.74) is 2.86. The fraction of sp³-hybridized carbons (Fsp3) is 0.278. The number of nitrogens with zero attached hydrogens (tertiary/aromatic N) is 4. The summed E-state index contributed by atoms with van der Waals surface area (Å²) < 4.78 is 42.7. The zero-order valence-electron chi connectivity index (χ0n) is 15.3. The molecular formula is C18H20FN5O2S. The van der Waals surface area contributed by atoms with Crippen molar-refractivity contribution in [2.75, 3.05) is 0 Å². The maximum Gasteiger partial charge on any atom is 0.244 e. The van der Waals surface area contributed by atoms with E-state index in [1.807, 2.05) is 6.92 Å². The third kappa shape index (κ3) is 4.04. The summed E-state index contributed by atoms with van der Waals surface area (Å²) in [6.07, 6.45) is 1.36. The lowest BCUT2D eigenvalue weighted by Crippen LogP contribution is -2.25. The molecule has 2 aromatic heterocycles. The highest BCUT2D eigenvalue weighted by atomic mass is 32.2. The monoisotopic (exact) mass is 389 g/mol. The first-order valence-corrected chi connectivity index (χ1v) is 9.90. The summed E-state index contributed by atoms with van der Waals surface area (Å²) in [4.78, 5) is 8.46. The molecule has 7 nitrogen and oxygen atoms in total. The van der Waals surface area contributed by atoms with Crippen molar-refractivity contribution in [2.45, 2.75) is 38.8 Å². The van der Waals surface area contributed by atoms with Gasteiger partial charge in [-0.05, 0) is 51.1 Å². The van der Waals surface area contributed by atoms with Crippen LogP contribution in [0.4, 0.5) is 4.39 Å². The topological polar surface area (TPSA) is 89.8 Å². The number of hydrogen-bond donors (Lipinski definition) is 1. The predicted molar refractivity (Wildman–Crippen MR) is 98.8 cm³/mol. The van der Waals surface area contributed by atoms with Crippen molar-refractivity contribution in [3.05, 3.63) is 59.6 Å². The summed E-state index contributed by atoms with van der Waals surface area (Å²) >= 11 is 0. The molecule has 2 heterocycles. The Hall–Kier alpha value is -2.65. The van der Waals surface area contributed by atoms with E-state index in [9.17, 15) is 12.8 Å². The SMILES string of the molecule is CCn1nc(C)c(S(=O)(=O)NCc2cc(-c3ccc(F)cc3)ncn2)c1C. The highest BCUT2D eigenvalue weighted by Crippen LogP contribution is 2.20. The molecular weight excluding hydrogens is 369 g/mol. The van der Waals surface area contributed by atoms with E-state index in [1.165, 1.54) is 18.5 Å². The number of aryl methyl sites for hydroxylation is 2. The quantitative estimate of drug-likeness (QED) is 0.700. The molecule has 0 aliphatic rings. The van der Waals surface area contributed by atoms with Gasteiger partial charge in [0.05, 0.1) is 29.3 Å². The highest BCUT2D eigenvalue weighted by Gasteiger charge is 2.24. The predicted octanol–water partition coefficient (Wildman–Crippen LogP) is 2.59. The van der Waals surface area contributed by atoms with Gasteiger partial charge in [-0.2, -0.15) is 5.10 Å². The van der Waals surface area contributed by atoms with Crippen LogP contribution in [-0.4, -0.2) is 28.2 Å². The Kier molecular flexibility index (Phi) is 5.33. The first-order chi connectivity index (χ1) is 12.8. The number of rotatable bonds is 6. The van der Waals surface area contributed by atoms with Crippen LogP contribution >= 0.6 is 0 Å². The number of hydrogen-bond acceptors (Lipinski definition) is 5. The van der Waals surface area contributed by atoms with Gasteiger partial charge >= 0.3 is 0 Å². The van der Waals surface area contributed by atoms with E-state index in [0.717, 1.165) is 5.56 Å². The Morgan fingerprint density at radius 3 is 2.48 bits per heavy atom. The molecule has 0 atom stereocenters. The minimum atomic E-state index is -3.74. The number of nitrogens with one attached hydrogen (secondary N) is 1. The van der Waals surface area contributed by atoms with Crippen LogP contribution in [0.2, 0.25) is 0 Å². The molecule has 0 saturated carbocycles. The maximum absolute atomic E-state index is 13.1. The summed E-state index contributed by atoms with van der Waals surface area (Å²) in [7, 11) is -3.74. The second kappa shape index (κ2) is 7.53. The Balaban J connectivity index is 1.81. The van der Waals surface area contributed by atoms with Crippen molar-refractivity contribution < 1.29 is 12.8 Å². The lowest BCUT2D eigenvalue weighted by Gasteiger charge is -2.08. The fourth-order valence-electron chi connectivity index (χ4n) is 2.89. The number of aromatic nitrogens is 4. The summed E-state index contributed by atoms with van der Waals surface area (Å²) in [5.74, 6) is -0.334. The van der Waals surface area contributed by atoms with Gasteiger partial charge in [-0.3, -0.25) is 4.68 Å². The molecule has 0 unspecified atom stereocenters. The van der Waals surface area contributed by atoms with Crippen LogP contribution in [0.15, 0.2) is 41.6 Å². The van der Waals surface area contributed by atoms with Crippen molar-refractivity contribution in [2.24, 2.45) is 0 Å². The normalized spacial score (nSPS) is 11.7. The molecule has 0 aliphatic carbocycles. The molecule has 27 heavy (non-hydrogen) atoms. The largest absolute Gasteiger partial charge is 0.268 e. The molecule has 3 rings (SSSR count). The molecule has 1 aromatic carbocycles. The van der Waals surface area contributed by atoms with Crippen LogP contribution in [0.3, 0.4) is 0 Å². The minimum absolute atomic E-state index is 0.00916. The fourth-order valence-corrected chi connectivity index (χ4v) is 4.30. The molecule has 0 bridgehead atoms. The number of sulfonamides is 1. The third-order valence-corrected chi connectivity index (χ3v) is 5.84. The van der Waals surface area contributed by atoms with E-state index in [0.29, 0.717) is 29.3 Å². The Morgan fingerprint density at radius 1 is 1.15 bits per heavy atom. The van der Waals surface area contributed by atoms with Crippen molar-refractivity contribution in [3.8, 4) is 11.3 Å². The van der Waals surface area contributed by atoms with Gasteiger partial charge in [0.1, 0.15) is 17.0 Å². The number of benzene rings is 1. The van der Waals surface area contributed by atoms with E-state index in [4.69, 9.17) is 0 Å². The van der Waals surface area contributed by atoms with Crippen LogP contribution in [0.5, 0.6) is 0 Å². The minimum Gasteiger partial charge on any atom is -0.268 e. The Labute approximate surface area is 157 Å². The van der Waals surface area contributed by atoms with Crippen molar-refractivity contribution in [1.29, 1.82) is 0 Å². The zero-order valence-corrected chi connectivity index (χ0v) is 16.1. The third-order valence-electron chi connectivity index (χ3n) is 4.19. The van der Waals surface area contributed by atoms with Gasteiger partial charge in [-0.25, -0.2) is 27.5 Å². The van der Waals surface area contributed by atoms with Gasteiger partial charge in [-0.15, -0.1) is 0 Å². The standard InChI is InChI=1S/C18H20FN5O2S/c1-4-24-13(3)18(12(2)23-24)27(25,26)22-10-16-9-17(21-11-20-16)14-5-7-15(19)8-6-14/h5-9,11,22H,4,10H2,1-3H3. The second-order valence-corrected chi connectivity index (χ2v) is 7.75. The Morgan fingerprint density at radius 2 is 1.85 bits per heavy atom. The highest BCUT2D eigenvalue weighted by molar-refractivity contribution is 7.89. The second-order valence-electron chi connectivity index (χ2n) is 6.04. The van der Waals surface area contributed by atoms with E-state index < -0.39 is 10.0 Å². The van der Waals surface area contributed by atoms with Crippen LogP contribution in [0.25, 0.3) is 11.3 Å². The lowest BCUT2D eigenvalue weighted by atomic mass is 10.1. The molecule has 3 aromatic rings. The van der Waals surface area contributed by atoms with Crippen molar-refractivity contribution >= 4 is 10.0 Å². The summed E-state index contributed by atoms with van der Waals surface area (Å²) in [6, 6.07) is 7.58. The number of halogens is 1. The van der Waals surface area contributed by atoms with Gasteiger partial charge in [0.15, 0.2) is 0 Å². The van der Waals surface area contributed by atoms with E-state index in [-0.39, 0.29) is 17.3 Å². The van der Waals surface area contributed by atoms with Gasteiger partial charge in [-0.1, -0.05) is 0 Å². The van der Waals surface area contributed by atoms with Gasteiger partial charge in [0.25, 0.3) is 0 Å². The molecule has 142 valence electrons. The molecule has 9 heteroatoms. The smallest absolute Gasteiger partial charge is 0.244 e. The Bertz CT molecular complexity index is 1060. The van der Waals surface area contributed by atoms with Crippen LogP contribution in [-0.2, 0) is 23.1 Å². The van der Waals surface area contributed by atoms with E-state index in [2.05, 4.69) is 19.8 Å². The summed E-state index contributed by atoms with van der Waals surface area (Å²) in [5, 5.41) is 4.25. The van der Waals surface area contributed by atoms with E-state index >= 15 is 0 Å². The molecule has 1 N–H and O–H groups in total. The van der Waals surface area contributed by atoms with Crippen LogP contribution < -0.4 is 4.72 Å². The zero-order chi connectivity index (χ0) is 19.6. The molecule has 0 aliphatic heterocycles. The molecule has 0 fully saturated rings. The van der Waals surface area contributed by atoms with E-state index in [1.54, 1.807) is 36.7 Å². The first kappa shape index (κ1) is 19.1. The lowest BCUT2D eigenvalue weighted by molar-refractivity contribution is 0.578. The molecule has 0 radical (unpaired) electrons. The van der Waals surface area contributed by atoms with Crippen LogP contribution in [0, 0.1) is 19.7 Å². The molecule has 0 amide bonds. The average molecular weight is 389 g/mol. The molecule has 0 saturated heterocycles. The summed E-state index contributed by atoms with van der Waals surface area (Å²) in [6.45, 7) is 5.91. The van der Waals surface area contributed by atoms with Gasteiger partial charge < -0.3 is 0 Å². The van der Waals surface area contributed by atoms with Gasteiger partial charge in [0, 0.05) is 12.1 Å². The average Bonchev–Trinajstić information content (AvgIpc) is 2.95. The van der Waals surface area contributed by atoms with Crippen molar-refractivity contribution in [3.63, 3.8) is 0 Å². The molecule has 0 spiro atoms. The first-order valence-electron chi connectivity index (χ1n) is 8.42. The van der Waals surface area contributed by atoms with Crippen LogP contribution in [0.1, 0.15) is 24.0 Å².